The molecule has 0 aromatic carbocycles. The summed E-state index contributed by atoms with van der Waals surface area (Å²) in [7, 11) is 3.42. The smallest absolute Gasteiger partial charge is 0.0989 e. The van der Waals surface area contributed by atoms with Crippen molar-refractivity contribution < 1.29 is 4.74 Å². The van der Waals surface area contributed by atoms with Crippen LogP contribution in [0.5, 0.6) is 0 Å². The van der Waals surface area contributed by atoms with Crippen molar-refractivity contribution in [2.24, 2.45) is 0 Å². The van der Waals surface area contributed by atoms with Gasteiger partial charge in [-0.1, -0.05) is 0 Å². The number of hydrogen-bond acceptors (Lipinski definition) is 3. The van der Waals surface area contributed by atoms with Crippen molar-refractivity contribution in [2.75, 3.05) is 20.8 Å². The number of halogens is 1. The van der Waals surface area contributed by atoms with Gasteiger partial charge in [0.05, 0.1) is 10.3 Å². The molecule has 0 saturated carbocycles. The van der Waals surface area contributed by atoms with E-state index in [1.54, 1.807) is 20.4 Å². The summed E-state index contributed by atoms with van der Waals surface area (Å²) in [6.45, 7) is 0.489. The largest absolute Gasteiger partial charge is 0.394 e. The Bertz CT molecular complexity index is 145. The van der Waals surface area contributed by atoms with Gasteiger partial charge in [0, 0.05) is 25.9 Å². The molecule has 0 aliphatic carbocycles. The van der Waals surface area contributed by atoms with Gasteiger partial charge in [-0.3, -0.25) is 5.41 Å². The maximum Gasteiger partial charge on any atom is 0.0989 e. The first-order valence-corrected chi connectivity index (χ1v) is 3.90. The summed E-state index contributed by atoms with van der Waals surface area (Å²) < 4.78 is 5.37. The second-order valence-electron chi connectivity index (χ2n) is 1.71. The summed E-state index contributed by atoms with van der Waals surface area (Å²) in [5, 5.41) is 10.1. The van der Waals surface area contributed by atoms with Gasteiger partial charge in [0.25, 0.3) is 0 Å². The summed E-state index contributed by atoms with van der Waals surface area (Å²) in [4.78, 5) is 0. The van der Waals surface area contributed by atoms with Crippen LogP contribution in [0.2, 0.25) is 0 Å². The van der Waals surface area contributed by atoms with Crippen molar-refractivity contribution >= 4 is 26.3 Å². The standard InChI is InChI=1S/C6H11IN2O/c1-9-3-5(4-10-2)6(7)8/h3,8-9H,4H2,1-2H3/b5-3-,8-6?. The fraction of sp³-hybridized carbons (Fsp3) is 0.500. The normalized spacial score (nSPS) is 11.3. The predicted molar refractivity (Wildman–Crippen MR) is 50.8 cm³/mol. The maximum absolute atomic E-state index is 7.26. The molecule has 0 aliphatic rings. The van der Waals surface area contributed by atoms with Crippen LogP contribution in [-0.4, -0.2) is 24.5 Å². The second-order valence-corrected chi connectivity index (χ2v) is 2.78. The van der Waals surface area contributed by atoms with Crippen LogP contribution in [0.4, 0.5) is 0 Å². The lowest BCUT2D eigenvalue weighted by atomic mass is 10.3. The minimum absolute atomic E-state index is 0.489. The Morgan fingerprint density at radius 3 is 2.70 bits per heavy atom. The van der Waals surface area contributed by atoms with Gasteiger partial charge in [0.15, 0.2) is 0 Å². The summed E-state index contributed by atoms with van der Waals surface area (Å²) in [6.07, 6.45) is 1.76. The zero-order valence-corrected chi connectivity index (χ0v) is 8.23. The molecule has 0 radical (unpaired) electrons. The van der Waals surface area contributed by atoms with Crippen molar-refractivity contribution in [1.82, 2.24) is 5.32 Å². The average Bonchev–Trinajstić information content (AvgIpc) is 1.87. The van der Waals surface area contributed by atoms with Crippen LogP contribution in [0.15, 0.2) is 11.8 Å². The van der Waals surface area contributed by atoms with Crippen molar-refractivity contribution in [3.05, 3.63) is 11.8 Å². The van der Waals surface area contributed by atoms with E-state index in [0.29, 0.717) is 10.3 Å². The maximum atomic E-state index is 7.26. The Morgan fingerprint density at radius 1 is 1.80 bits per heavy atom. The molecule has 4 heteroatoms. The fourth-order valence-corrected chi connectivity index (χ4v) is 0.810. The SMILES string of the molecule is CN/C=C(/COC)C(=N)I. The van der Waals surface area contributed by atoms with Crippen LogP contribution in [0.25, 0.3) is 0 Å². The Hall–Kier alpha value is -0.100. The number of hydrogen-bond donors (Lipinski definition) is 2. The van der Waals surface area contributed by atoms with Crippen LogP contribution < -0.4 is 5.32 Å². The third-order valence-corrected chi connectivity index (χ3v) is 1.59. The van der Waals surface area contributed by atoms with Crippen LogP contribution in [0.1, 0.15) is 0 Å². The summed E-state index contributed by atoms with van der Waals surface area (Å²) in [6, 6.07) is 0. The number of nitrogens with one attached hydrogen (secondary N) is 2. The molecule has 0 saturated heterocycles. The van der Waals surface area contributed by atoms with E-state index in [-0.39, 0.29) is 0 Å². The molecule has 58 valence electrons. The summed E-state index contributed by atoms with van der Waals surface area (Å²) in [5.41, 5.74) is 0.866. The van der Waals surface area contributed by atoms with E-state index in [4.69, 9.17) is 10.1 Å². The number of ether oxygens (including phenoxy) is 1. The van der Waals surface area contributed by atoms with Crippen LogP contribution in [0.3, 0.4) is 0 Å². The molecular formula is C6H11IN2O. The zero-order valence-electron chi connectivity index (χ0n) is 6.07. The van der Waals surface area contributed by atoms with Crippen molar-refractivity contribution in [2.45, 2.75) is 0 Å². The Balaban J connectivity index is 3.98. The average molecular weight is 254 g/mol. The van der Waals surface area contributed by atoms with Crippen LogP contribution in [-0.2, 0) is 4.74 Å². The zero-order chi connectivity index (χ0) is 7.98. The van der Waals surface area contributed by atoms with Crippen molar-refractivity contribution in [3.63, 3.8) is 0 Å². The van der Waals surface area contributed by atoms with Gasteiger partial charge in [0.2, 0.25) is 0 Å². The molecule has 0 bridgehead atoms. The first-order valence-electron chi connectivity index (χ1n) is 2.82. The van der Waals surface area contributed by atoms with Gasteiger partial charge < -0.3 is 10.1 Å². The minimum atomic E-state index is 0.489. The molecule has 3 nitrogen and oxygen atoms in total. The minimum Gasteiger partial charge on any atom is -0.394 e. The van der Waals surface area contributed by atoms with E-state index in [2.05, 4.69) is 5.32 Å². The van der Waals surface area contributed by atoms with E-state index >= 15 is 0 Å². The third-order valence-electron chi connectivity index (χ3n) is 0.900. The molecule has 0 spiro atoms. The highest BCUT2D eigenvalue weighted by Gasteiger charge is 1.98. The molecule has 0 aromatic rings. The highest BCUT2D eigenvalue weighted by atomic mass is 127. The lowest BCUT2D eigenvalue weighted by molar-refractivity contribution is 0.229. The van der Waals surface area contributed by atoms with Crippen LogP contribution in [0, 0.1) is 5.41 Å². The second kappa shape index (κ2) is 5.67. The van der Waals surface area contributed by atoms with E-state index in [0.717, 1.165) is 5.57 Å². The van der Waals surface area contributed by atoms with E-state index in [1.165, 1.54) is 0 Å². The van der Waals surface area contributed by atoms with E-state index in [9.17, 15) is 0 Å². The fourth-order valence-electron chi connectivity index (χ4n) is 0.498. The molecule has 0 fully saturated rings. The van der Waals surface area contributed by atoms with E-state index in [1.807, 2.05) is 22.6 Å². The highest BCUT2D eigenvalue weighted by Crippen LogP contribution is 2.01. The van der Waals surface area contributed by atoms with Gasteiger partial charge in [-0.2, -0.15) is 0 Å². The van der Waals surface area contributed by atoms with Gasteiger partial charge in [-0.05, 0) is 22.6 Å². The number of methoxy groups -OCH3 is 1. The molecule has 0 rings (SSSR count). The van der Waals surface area contributed by atoms with E-state index < -0.39 is 0 Å². The first kappa shape index (κ1) is 9.90. The Labute approximate surface area is 74.5 Å². The Morgan fingerprint density at radius 2 is 2.40 bits per heavy atom. The van der Waals surface area contributed by atoms with Crippen molar-refractivity contribution in [1.29, 1.82) is 5.41 Å². The lowest BCUT2D eigenvalue weighted by Crippen LogP contribution is -2.05. The quantitative estimate of drug-likeness (QED) is 0.584. The summed E-state index contributed by atoms with van der Waals surface area (Å²) >= 11 is 1.95. The molecular weight excluding hydrogens is 243 g/mol. The van der Waals surface area contributed by atoms with Crippen molar-refractivity contribution in [3.8, 4) is 0 Å². The third kappa shape index (κ3) is 3.84. The predicted octanol–water partition coefficient (Wildman–Crippen LogP) is 1.15. The van der Waals surface area contributed by atoms with Crippen LogP contribution >= 0.6 is 22.6 Å². The molecule has 0 unspecified atom stereocenters. The topological polar surface area (TPSA) is 45.1 Å². The monoisotopic (exact) mass is 254 g/mol. The molecule has 0 atom stereocenters. The molecule has 0 amide bonds. The highest BCUT2D eigenvalue weighted by molar-refractivity contribution is 14.1. The van der Waals surface area contributed by atoms with Gasteiger partial charge in [-0.25, -0.2) is 0 Å². The molecule has 0 aromatic heterocycles. The molecule has 0 heterocycles. The summed E-state index contributed by atoms with van der Waals surface area (Å²) in [5.74, 6) is 0. The lowest BCUT2D eigenvalue weighted by Gasteiger charge is -2.01. The van der Waals surface area contributed by atoms with Gasteiger partial charge in [-0.15, -0.1) is 0 Å². The molecule has 10 heavy (non-hydrogen) atoms. The number of rotatable bonds is 4. The Kier molecular flexibility index (Phi) is 5.61. The molecule has 0 aliphatic heterocycles. The first-order chi connectivity index (χ1) is 4.72. The molecule has 2 N–H and O–H groups in total. The van der Waals surface area contributed by atoms with Gasteiger partial charge >= 0.3 is 0 Å². The van der Waals surface area contributed by atoms with Gasteiger partial charge in [0.1, 0.15) is 0 Å².